The second kappa shape index (κ2) is 9.19. The first kappa shape index (κ1) is 21.5. The lowest BCUT2D eigenvalue weighted by Gasteiger charge is -2.15. The Morgan fingerprint density at radius 2 is 2.16 bits per heavy atom. The summed E-state index contributed by atoms with van der Waals surface area (Å²) in [6, 6.07) is 4.70. The molecule has 0 spiro atoms. The molecular weight excluding hydrogens is 410 g/mol. The minimum Gasteiger partial charge on any atom is -0.489 e. The fourth-order valence-electron chi connectivity index (χ4n) is 3.55. The number of nitrogens with zero attached hydrogens (tertiary/aromatic N) is 2. The second-order valence-corrected chi connectivity index (χ2v) is 7.81. The second-order valence-electron chi connectivity index (χ2n) is 7.81. The number of amides is 1. The fraction of sp³-hybridized carbons (Fsp3) is 0.524. The summed E-state index contributed by atoms with van der Waals surface area (Å²) in [5.41, 5.74) is 6.44. The van der Waals surface area contributed by atoms with Crippen molar-refractivity contribution < 1.29 is 27.5 Å². The molecule has 1 amide bonds. The van der Waals surface area contributed by atoms with E-state index in [1.165, 1.54) is 18.2 Å². The average molecular weight is 436 g/mol. The lowest BCUT2D eigenvalue weighted by Crippen LogP contribution is -2.34. The molecule has 1 saturated carbocycles. The molecule has 4 rings (SSSR count). The van der Waals surface area contributed by atoms with E-state index >= 15 is 0 Å². The van der Waals surface area contributed by atoms with Gasteiger partial charge in [-0.25, -0.2) is 4.98 Å². The molecular formula is C21H26F2N4O4. The van der Waals surface area contributed by atoms with Crippen molar-refractivity contribution in [3.8, 4) is 23.0 Å². The topological polar surface area (TPSA) is 103 Å². The van der Waals surface area contributed by atoms with Gasteiger partial charge in [-0.1, -0.05) is 0 Å². The van der Waals surface area contributed by atoms with Crippen molar-refractivity contribution >= 4 is 5.91 Å². The van der Waals surface area contributed by atoms with Crippen LogP contribution in [0.15, 0.2) is 22.6 Å². The van der Waals surface area contributed by atoms with Gasteiger partial charge in [-0.05, 0) is 50.4 Å². The summed E-state index contributed by atoms with van der Waals surface area (Å²) in [6.45, 7) is -1.33. The monoisotopic (exact) mass is 436 g/mol. The number of carbonyl (C=O) groups excluding carboxylic acids is 1. The number of nitrogens with one attached hydrogen (secondary N) is 1. The van der Waals surface area contributed by atoms with Crippen LogP contribution in [-0.2, 0) is 6.54 Å². The third kappa shape index (κ3) is 4.96. The molecule has 1 atom stereocenters. The van der Waals surface area contributed by atoms with E-state index in [-0.39, 0.29) is 47.3 Å². The van der Waals surface area contributed by atoms with E-state index in [1.54, 1.807) is 4.90 Å². The third-order valence-electron chi connectivity index (χ3n) is 5.55. The van der Waals surface area contributed by atoms with Gasteiger partial charge in [-0.15, -0.1) is 0 Å². The number of hydrogen-bond donors (Lipinski definition) is 2. The maximum Gasteiger partial charge on any atom is 0.387 e. The van der Waals surface area contributed by atoms with E-state index in [0.717, 1.165) is 19.3 Å². The standard InChI is InChI=1S/C21H26F2N4O4/c1-25-14-6-7-27(10-14)20(28)18-17(9-24)30-19(26-18)13-4-5-15(31-21(22)23)16(8-13)29-11-12-2-3-12/h4-5,8,12,14,21,25H,2-3,6-7,9-11,24H2,1H3. The highest BCUT2D eigenvalue weighted by Gasteiger charge is 2.30. The number of benzene rings is 1. The van der Waals surface area contributed by atoms with Gasteiger partial charge in [0.15, 0.2) is 23.0 Å². The molecule has 10 heteroatoms. The number of ether oxygens (including phenoxy) is 2. The van der Waals surface area contributed by atoms with Crippen molar-refractivity contribution in [1.82, 2.24) is 15.2 Å². The van der Waals surface area contributed by atoms with Gasteiger partial charge < -0.3 is 29.8 Å². The smallest absolute Gasteiger partial charge is 0.387 e. The highest BCUT2D eigenvalue weighted by atomic mass is 19.3. The van der Waals surface area contributed by atoms with E-state index in [0.29, 0.717) is 31.2 Å². The minimum atomic E-state index is -2.97. The molecule has 31 heavy (non-hydrogen) atoms. The summed E-state index contributed by atoms with van der Waals surface area (Å²) in [7, 11) is 1.86. The normalized spacial score (nSPS) is 18.6. The van der Waals surface area contributed by atoms with E-state index in [9.17, 15) is 13.6 Å². The zero-order valence-electron chi connectivity index (χ0n) is 17.3. The molecule has 3 N–H and O–H groups in total. The summed E-state index contributed by atoms with van der Waals surface area (Å²) in [5, 5.41) is 3.17. The molecule has 0 bridgehead atoms. The SMILES string of the molecule is CNC1CCN(C(=O)c2nc(-c3ccc(OC(F)F)c(OCC4CC4)c3)oc2CN)C1. The number of rotatable bonds is 9. The van der Waals surface area contributed by atoms with E-state index in [2.05, 4.69) is 15.0 Å². The Labute approximate surface area is 178 Å². The molecule has 2 aromatic rings. The average Bonchev–Trinajstić information content (AvgIpc) is 3.29. The molecule has 1 unspecified atom stereocenters. The quantitative estimate of drug-likeness (QED) is 0.623. The van der Waals surface area contributed by atoms with Crippen LogP contribution in [0.25, 0.3) is 11.5 Å². The van der Waals surface area contributed by atoms with Gasteiger partial charge in [0.1, 0.15) is 0 Å². The molecule has 1 aliphatic carbocycles. The maximum absolute atomic E-state index is 13.0. The van der Waals surface area contributed by atoms with Crippen LogP contribution in [0.5, 0.6) is 11.5 Å². The predicted octanol–water partition coefficient (Wildman–Crippen LogP) is 2.62. The summed E-state index contributed by atoms with van der Waals surface area (Å²) < 4.78 is 41.5. The van der Waals surface area contributed by atoms with Crippen LogP contribution in [0.2, 0.25) is 0 Å². The number of carbonyl (C=O) groups is 1. The molecule has 1 saturated heterocycles. The molecule has 168 valence electrons. The third-order valence-corrected chi connectivity index (χ3v) is 5.55. The Bertz CT molecular complexity index is 932. The van der Waals surface area contributed by atoms with Gasteiger partial charge in [-0.3, -0.25) is 4.79 Å². The van der Waals surface area contributed by atoms with Gasteiger partial charge in [0.05, 0.1) is 13.2 Å². The van der Waals surface area contributed by atoms with Crippen LogP contribution in [0.1, 0.15) is 35.5 Å². The van der Waals surface area contributed by atoms with Crippen LogP contribution in [0, 0.1) is 5.92 Å². The molecule has 2 heterocycles. The number of likely N-dealkylation sites (N-methyl/N-ethyl adjacent to an activating group) is 1. The zero-order valence-corrected chi connectivity index (χ0v) is 17.3. The molecule has 1 aromatic carbocycles. The zero-order chi connectivity index (χ0) is 22.0. The fourth-order valence-corrected chi connectivity index (χ4v) is 3.55. The summed E-state index contributed by atoms with van der Waals surface area (Å²) >= 11 is 0. The molecule has 8 nitrogen and oxygen atoms in total. The first-order valence-electron chi connectivity index (χ1n) is 10.4. The van der Waals surface area contributed by atoms with Gasteiger partial charge in [0.2, 0.25) is 5.89 Å². The number of nitrogens with two attached hydrogens (primary N) is 1. The van der Waals surface area contributed by atoms with E-state index < -0.39 is 6.61 Å². The number of oxazole rings is 1. The lowest BCUT2D eigenvalue weighted by atomic mass is 10.2. The first-order chi connectivity index (χ1) is 15.0. The summed E-state index contributed by atoms with van der Waals surface area (Å²) in [5.74, 6) is 0.767. The van der Waals surface area contributed by atoms with Gasteiger partial charge >= 0.3 is 6.61 Å². The number of halogens is 2. The highest BCUT2D eigenvalue weighted by molar-refractivity contribution is 5.94. The van der Waals surface area contributed by atoms with E-state index in [1.807, 2.05) is 7.05 Å². The molecule has 1 aromatic heterocycles. The first-order valence-corrected chi connectivity index (χ1v) is 10.4. The number of hydrogen-bond acceptors (Lipinski definition) is 7. The molecule has 0 radical (unpaired) electrons. The Morgan fingerprint density at radius 3 is 2.81 bits per heavy atom. The van der Waals surface area contributed by atoms with Gasteiger partial charge in [0, 0.05) is 24.7 Å². The van der Waals surface area contributed by atoms with Crippen LogP contribution in [-0.4, -0.2) is 55.2 Å². The molecule has 1 aliphatic heterocycles. The summed E-state index contributed by atoms with van der Waals surface area (Å²) in [4.78, 5) is 19.0. The van der Waals surface area contributed by atoms with Crippen molar-refractivity contribution in [3.05, 3.63) is 29.7 Å². The van der Waals surface area contributed by atoms with Crippen molar-refractivity contribution in [3.63, 3.8) is 0 Å². The molecule has 2 aliphatic rings. The minimum absolute atomic E-state index is 0.00891. The number of likely N-dealkylation sites (tertiary alicyclic amines) is 1. The van der Waals surface area contributed by atoms with Gasteiger partial charge in [0.25, 0.3) is 5.91 Å². The van der Waals surface area contributed by atoms with Crippen molar-refractivity contribution in [2.24, 2.45) is 11.7 Å². The van der Waals surface area contributed by atoms with Crippen LogP contribution in [0.3, 0.4) is 0 Å². The number of alkyl halides is 2. The predicted molar refractivity (Wildman–Crippen MR) is 108 cm³/mol. The number of aromatic nitrogens is 1. The van der Waals surface area contributed by atoms with Crippen molar-refractivity contribution in [2.75, 3.05) is 26.7 Å². The Morgan fingerprint density at radius 1 is 1.35 bits per heavy atom. The van der Waals surface area contributed by atoms with Crippen molar-refractivity contribution in [1.29, 1.82) is 0 Å². The Balaban J connectivity index is 1.59. The van der Waals surface area contributed by atoms with Crippen LogP contribution < -0.4 is 20.5 Å². The van der Waals surface area contributed by atoms with Crippen LogP contribution in [0.4, 0.5) is 8.78 Å². The van der Waals surface area contributed by atoms with Crippen molar-refractivity contribution in [2.45, 2.75) is 38.5 Å². The van der Waals surface area contributed by atoms with E-state index in [4.69, 9.17) is 14.9 Å². The Kier molecular flexibility index (Phi) is 6.38. The highest BCUT2D eigenvalue weighted by Crippen LogP contribution is 2.36. The largest absolute Gasteiger partial charge is 0.489 e. The Hall–Kier alpha value is -2.72. The maximum atomic E-state index is 13.0. The lowest BCUT2D eigenvalue weighted by molar-refractivity contribution is -0.0515. The summed E-state index contributed by atoms with van der Waals surface area (Å²) in [6.07, 6.45) is 2.97. The van der Waals surface area contributed by atoms with Gasteiger partial charge in [-0.2, -0.15) is 8.78 Å². The van der Waals surface area contributed by atoms with Crippen LogP contribution >= 0.6 is 0 Å². The molecule has 2 fully saturated rings.